The molecule has 1 aliphatic carbocycles. The van der Waals surface area contributed by atoms with Gasteiger partial charge < -0.3 is 19.4 Å². The first kappa shape index (κ1) is 20.4. The number of ether oxygens (including phenoxy) is 1. The van der Waals surface area contributed by atoms with Gasteiger partial charge in [0, 0.05) is 18.2 Å². The van der Waals surface area contributed by atoms with E-state index in [2.05, 4.69) is 9.88 Å². The van der Waals surface area contributed by atoms with Gasteiger partial charge in [0.05, 0.1) is 26.0 Å². The number of hydrogen-bond acceptors (Lipinski definition) is 6. The molecule has 6 heteroatoms. The largest absolute Gasteiger partial charge is 0.508 e. The van der Waals surface area contributed by atoms with Crippen LogP contribution in [0.2, 0.25) is 0 Å². The van der Waals surface area contributed by atoms with E-state index < -0.39 is 0 Å². The molecule has 1 saturated carbocycles. The molecule has 1 fully saturated rings. The van der Waals surface area contributed by atoms with E-state index in [4.69, 9.17) is 9.15 Å². The maximum Gasteiger partial charge on any atom is 0.209 e. The standard InChI is InChI=1S/C24H28N2O4/c1-29-22-11-5-18(6-12-22)23-14-25-24(30-23)16-26(19-7-9-20(27)10-8-19)15-17-3-2-4-21(28)13-17/h2-6,11-14,19-20,27-28H,7-10,15-16H2,1H3. The SMILES string of the molecule is COc1ccc(-c2cnc(CN(Cc3cccc(O)c3)C3CCC(O)CC3)o2)cc1. The molecule has 2 N–H and O–H groups in total. The Morgan fingerprint density at radius 3 is 2.53 bits per heavy atom. The second-order valence-electron chi connectivity index (χ2n) is 7.88. The normalized spacial score (nSPS) is 19.2. The van der Waals surface area contributed by atoms with Crippen LogP contribution in [0.1, 0.15) is 37.1 Å². The lowest BCUT2D eigenvalue weighted by molar-refractivity contribution is 0.0625. The molecule has 4 rings (SSSR count). The fourth-order valence-corrected chi connectivity index (χ4v) is 4.07. The van der Waals surface area contributed by atoms with E-state index >= 15 is 0 Å². The number of aliphatic hydroxyl groups is 1. The predicted octanol–water partition coefficient (Wildman–Crippen LogP) is 4.36. The molecule has 0 amide bonds. The maximum absolute atomic E-state index is 9.90. The minimum Gasteiger partial charge on any atom is -0.508 e. The quantitative estimate of drug-likeness (QED) is 0.605. The molecule has 3 aromatic rings. The Kier molecular flexibility index (Phi) is 6.35. The minimum absolute atomic E-state index is 0.202. The van der Waals surface area contributed by atoms with Gasteiger partial charge in [-0.1, -0.05) is 12.1 Å². The summed E-state index contributed by atoms with van der Waals surface area (Å²) in [6, 6.07) is 15.4. The van der Waals surface area contributed by atoms with Gasteiger partial charge in [0.1, 0.15) is 11.5 Å². The summed E-state index contributed by atoms with van der Waals surface area (Å²) in [5.74, 6) is 2.45. The van der Waals surface area contributed by atoms with Crippen molar-refractivity contribution < 1.29 is 19.4 Å². The van der Waals surface area contributed by atoms with Crippen LogP contribution in [-0.4, -0.2) is 39.4 Å². The summed E-state index contributed by atoms with van der Waals surface area (Å²) in [5.41, 5.74) is 2.00. The molecule has 0 atom stereocenters. The van der Waals surface area contributed by atoms with Crippen LogP contribution in [0.4, 0.5) is 0 Å². The van der Waals surface area contributed by atoms with Crippen LogP contribution in [0.5, 0.6) is 11.5 Å². The van der Waals surface area contributed by atoms with Crippen LogP contribution >= 0.6 is 0 Å². The van der Waals surface area contributed by atoms with Crippen molar-refractivity contribution >= 4 is 0 Å². The van der Waals surface area contributed by atoms with E-state index in [0.717, 1.165) is 48.3 Å². The van der Waals surface area contributed by atoms with Crippen molar-refractivity contribution in [3.63, 3.8) is 0 Å². The van der Waals surface area contributed by atoms with Gasteiger partial charge in [-0.05, 0) is 67.6 Å². The lowest BCUT2D eigenvalue weighted by Gasteiger charge is -2.35. The van der Waals surface area contributed by atoms with Gasteiger partial charge in [-0.25, -0.2) is 4.98 Å². The average molecular weight is 408 g/mol. The van der Waals surface area contributed by atoms with Gasteiger partial charge in [-0.2, -0.15) is 0 Å². The van der Waals surface area contributed by atoms with Crippen LogP contribution in [-0.2, 0) is 13.1 Å². The molecule has 0 aliphatic heterocycles. The highest BCUT2D eigenvalue weighted by atomic mass is 16.5. The van der Waals surface area contributed by atoms with Crippen molar-refractivity contribution in [3.05, 3.63) is 66.2 Å². The first-order valence-electron chi connectivity index (χ1n) is 10.4. The number of oxazole rings is 1. The zero-order valence-electron chi connectivity index (χ0n) is 17.2. The number of aromatic hydroxyl groups is 1. The van der Waals surface area contributed by atoms with Crippen LogP contribution in [0.25, 0.3) is 11.3 Å². The molecule has 2 aromatic carbocycles. The third kappa shape index (κ3) is 5.01. The molecule has 1 aliphatic rings. The van der Waals surface area contributed by atoms with Crippen molar-refractivity contribution in [2.45, 2.75) is 50.9 Å². The van der Waals surface area contributed by atoms with Crippen LogP contribution < -0.4 is 4.74 Å². The Balaban J connectivity index is 1.51. The molecule has 0 saturated heterocycles. The van der Waals surface area contributed by atoms with Crippen LogP contribution in [0, 0.1) is 0 Å². The van der Waals surface area contributed by atoms with Gasteiger partial charge >= 0.3 is 0 Å². The molecule has 0 bridgehead atoms. The Morgan fingerprint density at radius 1 is 1.07 bits per heavy atom. The van der Waals surface area contributed by atoms with E-state index in [-0.39, 0.29) is 11.9 Å². The van der Waals surface area contributed by atoms with Gasteiger partial charge in [0.15, 0.2) is 5.76 Å². The maximum atomic E-state index is 9.90. The van der Waals surface area contributed by atoms with Crippen LogP contribution in [0.3, 0.4) is 0 Å². The second kappa shape index (κ2) is 9.32. The van der Waals surface area contributed by atoms with E-state index in [1.807, 2.05) is 36.4 Å². The third-order valence-electron chi connectivity index (χ3n) is 5.75. The Hall–Kier alpha value is -2.83. The van der Waals surface area contributed by atoms with Gasteiger partial charge in [0.25, 0.3) is 0 Å². The molecular formula is C24H28N2O4. The molecule has 30 heavy (non-hydrogen) atoms. The summed E-state index contributed by atoms with van der Waals surface area (Å²) >= 11 is 0. The topological polar surface area (TPSA) is 79.0 Å². The zero-order valence-corrected chi connectivity index (χ0v) is 17.2. The Labute approximate surface area is 176 Å². The number of phenols is 1. The molecule has 1 aromatic heterocycles. The van der Waals surface area contributed by atoms with E-state index in [1.165, 1.54) is 0 Å². The van der Waals surface area contributed by atoms with Gasteiger partial charge in [0.2, 0.25) is 5.89 Å². The molecule has 1 heterocycles. The smallest absolute Gasteiger partial charge is 0.209 e. The number of aliphatic hydroxyl groups excluding tert-OH is 1. The number of phenolic OH excluding ortho intramolecular Hbond substituents is 1. The molecular weight excluding hydrogens is 380 g/mol. The fourth-order valence-electron chi connectivity index (χ4n) is 4.07. The lowest BCUT2D eigenvalue weighted by atomic mass is 9.91. The van der Waals surface area contributed by atoms with Crippen molar-refractivity contribution in [1.82, 2.24) is 9.88 Å². The summed E-state index contributed by atoms with van der Waals surface area (Å²) in [6.45, 7) is 1.27. The molecule has 0 spiro atoms. The average Bonchev–Trinajstić information content (AvgIpc) is 3.22. The fraction of sp³-hybridized carbons (Fsp3) is 0.375. The molecule has 6 nitrogen and oxygen atoms in total. The van der Waals surface area contributed by atoms with E-state index in [1.54, 1.807) is 25.4 Å². The first-order valence-corrected chi connectivity index (χ1v) is 10.4. The van der Waals surface area contributed by atoms with Gasteiger partial charge in [-0.15, -0.1) is 0 Å². The van der Waals surface area contributed by atoms with Crippen LogP contribution in [0.15, 0.2) is 59.1 Å². The molecule has 0 unspecified atom stereocenters. The van der Waals surface area contributed by atoms with Crippen molar-refractivity contribution in [3.8, 4) is 22.8 Å². The summed E-state index contributed by atoms with van der Waals surface area (Å²) in [5, 5.41) is 19.7. The zero-order chi connectivity index (χ0) is 20.9. The monoisotopic (exact) mass is 408 g/mol. The number of nitrogens with zero attached hydrogens (tertiary/aromatic N) is 2. The van der Waals surface area contributed by atoms with Crippen molar-refractivity contribution in [1.29, 1.82) is 0 Å². The third-order valence-corrected chi connectivity index (χ3v) is 5.75. The van der Waals surface area contributed by atoms with Gasteiger partial charge in [-0.3, -0.25) is 4.90 Å². The Bertz CT molecular complexity index is 946. The summed E-state index contributed by atoms with van der Waals surface area (Å²) in [6.07, 6.45) is 5.05. The summed E-state index contributed by atoms with van der Waals surface area (Å²) in [4.78, 5) is 6.84. The summed E-state index contributed by atoms with van der Waals surface area (Å²) < 4.78 is 11.3. The van der Waals surface area contributed by atoms with E-state index in [0.29, 0.717) is 25.0 Å². The molecule has 158 valence electrons. The highest BCUT2D eigenvalue weighted by molar-refractivity contribution is 5.57. The number of aromatic nitrogens is 1. The Morgan fingerprint density at radius 2 is 1.83 bits per heavy atom. The number of benzene rings is 2. The van der Waals surface area contributed by atoms with Crippen molar-refractivity contribution in [2.24, 2.45) is 0 Å². The number of methoxy groups -OCH3 is 1. The highest BCUT2D eigenvalue weighted by Crippen LogP contribution is 2.28. The van der Waals surface area contributed by atoms with E-state index in [9.17, 15) is 10.2 Å². The number of hydrogen-bond donors (Lipinski definition) is 2. The minimum atomic E-state index is -0.202. The number of rotatable bonds is 7. The first-order chi connectivity index (χ1) is 14.6. The van der Waals surface area contributed by atoms with Crippen molar-refractivity contribution in [2.75, 3.05) is 7.11 Å². The highest BCUT2D eigenvalue weighted by Gasteiger charge is 2.26. The lowest BCUT2D eigenvalue weighted by Crippen LogP contribution is -2.38. The summed E-state index contributed by atoms with van der Waals surface area (Å²) in [7, 11) is 1.65. The second-order valence-corrected chi connectivity index (χ2v) is 7.88. The predicted molar refractivity (Wildman–Crippen MR) is 114 cm³/mol. The molecule has 0 radical (unpaired) electrons.